The first-order valence-corrected chi connectivity index (χ1v) is 8.95. The third-order valence-corrected chi connectivity index (χ3v) is 5.39. The third-order valence-electron chi connectivity index (χ3n) is 1.77. The largest absolute Gasteiger partial charge is 0.351 e. The molecular weight excluding hydrogens is 298 g/mol. The first-order chi connectivity index (χ1) is 8.76. The summed E-state index contributed by atoms with van der Waals surface area (Å²) in [6, 6.07) is 0. The second-order valence-electron chi connectivity index (χ2n) is 5.63. The van der Waals surface area contributed by atoms with Crippen LogP contribution in [0.15, 0.2) is 8.68 Å². The van der Waals surface area contributed by atoms with E-state index in [4.69, 9.17) is 0 Å². The third kappa shape index (κ3) is 7.79. The molecule has 1 aromatic heterocycles. The van der Waals surface area contributed by atoms with Gasteiger partial charge < -0.3 is 5.32 Å². The van der Waals surface area contributed by atoms with E-state index in [1.807, 2.05) is 20.8 Å². The number of amides is 1. The lowest BCUT2D eigenvalue weighted by atomic mass is 10.1. The van der Waals surface area contributed by atoms with Crippen LogP contribution in [0, 0.1) is 5.92 Å². The van der Waals surface area contributed by atoms with Crippen LogP contribution in [-0.4, -0.2) is 33.1 Å². The Balaban J connectivity index is 2.36. The fraction of sp³-hybridized carbons (Fsp3) is 0.750. The summed E-state index contributed by atoms with van der Waals surface area (Å²) < 4.78 is 1.84. The molecule has 0 aliphatic rings. The summed E-state index contributed by atoms with van der Waals surface area (Å²) in [4.78, 5) is 11.7. The van der Waals surface area contributed by atoms with Gasteiger partial charge in [-0.05, 0) is 26.7 Å². The topological polar surface area (TPSA) is 54.9 Å². The minimum absolute atomic E-state index is 0.0316. The maximum atomic E-state index is 11.7. The van der Waals surface area contributed by atoms with Crippen LogP contribution < -0.4 is 5.32 Å². The zero-order chi connectivity index (χ0) is 14.5. The van der Waals surface area contributed by atoms with E-state index in [1.165, 1.54) is 11.8 Å². The Bertz CT molecular complexity index is 413. The van der Waals surface area contributed by atoms with E-state index >= 15 is 0 Å². The standard InChI is InChI=1S/C12H21N3OS3/c1-8(2)6-17-10-14-15-11(19-10)18-7-9(16)13-12(3,4)5/h8H,6-7H2,1-5H3,(H,13,16). The number of hydrogen-bond donors (Lipinski definition) is 1. The van der Waals surface area contributed by atoms with Crippen molar-refractivity contribution < 1.29 is 4.79 Å². The quantitative estimate of drug-likeness (QED) is 0.815. The van der Waals surface area contributed by atoms with Gasteiger partial charge in [0.25, 0.3) is 0 Å². The lowest BCUT2D eigenvalue weighted by Crippen LogP contribution is -2.41. The second-order valence-corrected chi connectivity index (χ2v) is 9.09. The Kier molecular flexibility index (Phi) is 6.62. The molecule has 7 heteroatoms. The number of rotatable bonds is 6. The molecule has 1 rings (SSSR count). The van der Waals surface area contributed by atoms with Gasteiger partial charge in [-0.25, -0.2) is 0 Å². The fourth-order valence-electron chi connectivity index (χ4n) is 1.13. The lowest BCUT2D eigenvalue weighted by molar-refractivity contribution is -0.119. The molecule has 0 atom stereocenters. The molecule has 108 valence electrons. The summed E-state index contributed by atoms with van der Waals surface area (Å²) >= 11 is 4.73. The van der Waals surface area contributed by atoms with Crippen molar-refractivity contribution in [1.29, 1.82) is 0 Å². The maximum Gasteiger partial charge on any atom is 0.230 e. The van der Waals surface area contributed by atoms with Crippen LogP contribution in [0.3, 0.4) is 0 Å². The van der Waals surface area contributed by atoms with Crippen molar-refractivity contribution in [3.05, 3.63) is 0 Å². The molecule has 1 N–H and O–H groups in total. The van der Waals surface area contributed by atoms with Crippen molar-refractivity contribution in [2.24, 2.45) is 5.92 Å². The Morgan fingerprint density at radius 1 is 1.26 bits per heavy atom. The first kappa shape index (κ1) is 16.8. The number of nitrogens with zero attached hydrogens (tertiary/aromatic N) is 2. The molecule has 0 fully saturated rings. The molecule has 0 saturated carbocycles. The Labute approximate surface area is 127 Å². The van der Waals surface area contributed by atoms with Crippen molar-refractivity contribution in [3.8, 4) is 0 Å². The summed E-state index contributed by atoms with van der Waals surface area (Å²) in [5.74, 6) is 2.11. The van der Waals surface area contributed by atoms with E-state index in [9.17, 15) is 4.79 Å². The molecule has 19 heavy (non-hydrogen) atoms. The zero-order valence-corrected chi connectivity index (χ0v) is 14.5. The highest BCUT2D eigenvalue weighted by Gasteiger charge is 2.15. The van der Waals surface area contributed by atoms with Crippen LogP contribution in [-0.2, 0) is 4.79 Å². The minimum atomic E-state index is -0.183. The van der Waals surface area contributed by atoms with Gasteiger partial charge in [-0.3, -0.25) is 4.79 Å². The Morgan fingerprint density at radius 3 is 2.37 bits per heavy atom. The Hall–Kier alpha value is -0.270. The normalized spacial score (nSPS) is 11.9. The van der Waals surface area contributed by atoms with Gasteiger partial charge in [-0.1, -0.05) is 48.7 Å². The van der Waals surface area contributed by atoms with Crippen molar-refractivity contribution >= 4 is 40.8 Å². The van der Waals surface area contributed by atoms with Gasteiger partial charge in [0.2, 0.25) is 5.91 Å². The van der Waals surface area contributed by atoms with Gasteiger partial charge in [0.05, 0.1) is 5.75 Å². The summed E-state index contributed by atoms with van der Waals surface area (Å²) in [5.41, 5.74) is -0.183. The van der Waals surface area contributed by atoms with E-state index in [0.717, 1.165) is 14.4 Å². The van der Waals surface area contributed by atoms with Crippen LogP contribution >= 0.6 is 34.9 Å². The number of carbonyl (C=O) groups excluding carboxylic acids is 1. The van der Waals surface area contributed by atoms with Crippen molar-refractivity contribution in [2.75, 3.05) is 11.5 Å². The van der Waals surface area contributed by atoms with Gasteiger partial charge in [0, 0.05) is 11.3 Å². The molecular formula is C12H21N3OS3. The average molecular weight is 320 g/mol. The predicted molar refractivity (Wildman–Crippen MR) is 84.1 cm³/mol. The second kappa shape index (κ2) is 7.50. The first-order valence-electron chi connectivity index (χ1n) is 6.16. The number of hydrogen-bond acceptors (Lipinski definition) is 6. The van der Waals surface area contributed by atoms with Gasteiger partial charge in [0.1, 0.15) is 0 Å². The molecule has 1 heterocycles. The average Bonchev–Trinajstić information content (AvgIpc) is 2.69. The number of carbonyl (C=O) groups is 1. The van der Waals surface area contributed by atoms with Crippen LogP contribution in [0.1, 0.15) is 34.6 Å². The molecule has 0 spiro atoms. The van der Waals surface area contributed by atoms with E-state index in [-0.39, 0.29) is 11.4 Å². The highest BCUT2D eigenvalue weighted by molar-refractivity contribution is 8.03. The van der Waals surface area contributed by atoms with Gasteiger partial charge in [-0.2, -0.15) is 0 Å². The molecule has 0 bridgehead atoms. The summed E-state index contributed by atoms with van der Waals surface area (Å²) in [7, 11) is 0. The fourth-order valence-corrected chi connectivity index (χ4v) is 3.93. The number of aromatic nitrogens is 2. The van der Waals surface area contributed by atoms with Crippen molar-refractivity contribution in [3.63, 3.8) is 0 Å². The molecule has 1 amide bonds. The lowest BCUT2D eigenvalue weighted by Gasteiger charge is -2.19. The highest BCUT2D eigenvalue weighted by atomic mass is 32.2. The van der Waals surface area contributed by atoms with Crippen molar-refractivity contribution in [1.82, 2.24) is 15.5 Å². The molecule has 0 radical (unpaired) electrons. The van der Waals surface area contributed by atoms with Crippen LogP contribution in [0.2, 0.25) is 0 Å². The number of thioether (sulfide) groups is 2. The van der Waals surface area contributed by atoms with E-state index in [2.05, 4.69) is 29.4 Å². The monoisotopic (exact) mass is 319 g/mol. The van der Waals surface area contributed by atoms with Gasteiger partial charge in [-0.15, -0.1) is 10.2 Å². The molecule has 0 aromatic carbocycles. The molecule has 0 aliphatic carbocycles. The maximum absolute atomic E-state index is 11.7. The Morgan fingerprint density at radius 2 is 1.84 bits per heavy atom. The van der Waals surface area contributed by atoms with E-state index < -0.39 is 0 Å². The summed E-state index contributed by atoms with van der Waals surface area (Å²) in [6.45, 7) is 10.3. The van der Waals surface area contributed by atoms with Gasteiger partial charge >= 0.3 is 0 Å². The summed E-state index contributed by atoms with van der Waals surface area (Å²) in [5, 5.41) is 11.1. The van der Waals surface area contributed by atoms with E-state index in [0.29, 0.717) is 11.7 Å². The van der Waals surface area contributed by atoms with E-state index in [1.54, 1.807) is 23.1 Å². The highest BCUT2D eigenvalue weighted by Crippen LogP contribution is 2.29. The van der Waals surface area contributed by atoms with Gasteiger partial charge in [0.15, 0.2) is 8.68 Å². The van der Waals surface area contributed by atoms with Crippen LogP contribution in [0.5, 0.6) is 0 Å². The molecule has 0 saturated heterocycles. The zero-order valence-electron chi connectivity index (χ0n) is 12.0. The summed E-state index contributed by atoms with van der Waals surface area (Å²) in [6.07, 6.45) is 0. The predicted octanol–water partition coefficient (Wildman–Crippen LogP) is 3.29. The smallest absolute Gasteiger partial charge is 0.230 e. The number of nitrogens with one attached hydrogen (secondary N) is 1. The van der Waals surface area contributed by atoms with Crippen LogP contribution in [0.4, 0.5) is 0 Å². The minimum Gasteiger partial charge on any atom is -0.351 e. The SMILES string of the molecule is CC(C)CSc1nnc(SCC(=O)NC(C)(C)C)s1. The molecule has 1 aromatic rings. The van der Waals surface area contributed by atoms with Crippen LogP contribution in [0.25, 0.3) is 0 Å². The molecule has 0 unspecified atom stereocenters. The van der Waals surface area contributed by atoms with Crippen molar-refractivity contribution in [2.45, 2.75) is 48.8 Å². The molecule has 4 nitrogen and oxygen atoms in total. The molecule has 0 aliphatic heterocycles.